The molecule has 0 radical (unpaired) electrons. The zero-order valence-electron chi connectivity index (χ0n) is 31.6. The molecule has 0 amide bonds. The lowest BCUT2D eigenvalue weighted by molar-refractivity contribution is -0.0240. The Morgan fingerprint density at radius 1 is 0.442 bits per heavy atom. The number of unbranched alkanes of at least 4 members (excludes halogenated alkanes) is 5. The van der Waals surface area contributed by atoms with E-state index >= 15 is 0 Å². The molecule has 298 valence electrons. The fourth-order valence-corrected chi connectivity index (χ4v) is 5.59. The predicted molar refractivity (Wildman–Crippen MR) is 200 cm³/mol. The molecule has 0 atom stereocenters. The van der Waals surface area contributed by atoms with Gasteiger partial charge in [0.25, 0.3) is 10.1 Å². The molecule has 0 aliphatic rings. The molecule has 0 saturated carbocycles. The molecule has 0 saturated heterocycles. The molecule has 0 N–H and O–H groups in total. The molecule has 0 bridgehead atoms. The van der Waals surface area contributed by atoms with E-state index in [9.17, 15) is 8.42 Å². The standard InChI is InChI=1S/C39H64O12S/c1-3-4-5-6-7-8-9-37-12-14-38(15-13-37)50-34-32-48-30-28-46-26-24-44-22-20-42-18-19-43-21-23-45-25-27-47-29-31-49-33-35-51-52(40,41)39-16-10-36(2)11-17-39/h10-17H,3-9,18-35H2,1-2H3. The highest BCUT2D eigenvalue weighted by Gasteiger charge is 2.14. The van der Waals surface area contributed by atoms with E-state index in [-0.39, 0.29) is 18.1 Å². The summed E-state index contributed by atoms with van der Waals surface area (Å²) in [6.07, 6.45) is 9.05. The summed E-state index contributed by atoms with van der Waals surface area (Å²) in [6, 6.07) is 14.9. The van der Waals surface area contributed by atoms with E-state index in [1.807, 2.05) is 19.1 Å². The Bertz CT molecular complexity index is 1180. The lowest BCUT2D eigenvalue weighted by atomic mass is 10.0. The molecule has 52 heavy (non-hydrogen) atoms. The third kappa shape index (κ3) is 25.7. The lowest BCUT2D eigenvalue weighted by Crippen LogP contribution is -2.15. The van der Waals surface area contributed by atoms with E-state index in [0.717, 1.165) is 17.7 Å². The fourth-order valence-electron chi connectivity index (χ4n) is 4.70. The maximum Gasteiger partial charge on any atom is 0.297 e. The van der Waals surface area contributed by atoms with Gasteiger partial charge in [-0.15, -0.1) is 0 Å². The molecular formula is C39H64O12S. The van der Waals surface area contributed by atoms with Gasteiger partial charge in [0.15, 0.2) is 0 Å². The molecule has 0 fully saturated rings. The van der Waals surface area contributed by atoms with Gasteiger partial charge >= 0.3 is 0 Å². The van der Waals surface area contributed by atoms with E-state index < -0.39 is 10.1 Å². The maximum atomic E-state index is 12.1. The van der Waals surface area contributed by atoms with Gasteiger partial charge in [0.1, 0.15) is 12.4 Å². The van der Waals surface area contributed by atoms with Gasteiger partial charge in [-0.25, -0.2) is 0 Å². The fraction of sp³-hybridized carbons (Fsp3) is 0.692. The van der Waals surface area contributed by atoms with Crippen molar-refractivity contribution in [3.05, 3.63) is 59.7 Å². The third-order valence-corrected chi connectivity index (χ3v) is 8.95. The summed E-state index contributed by atoms with van der Waals surface area (Å²) < 4.78 is 78.8. The van der Waals surface area contributed by atoms with Crippen molar-refractivity contribution in [3.63, 3.8) is 0 Å². The number of ether oxygens (including phenoxy) is 9. The summed E-state index contributed by atoms with van der Waals surface area (Å²) in [5, 5.41) is 0. The Morgan fingerprint density at radius 2 is 0.827 bits per heavy atom. The van der Waals surface area contributed by atoms with Gasteiger partial charge < -0.3 is 42.6 Å². The van der Waals surface area contributed by atoms with Crippen LogP contribution in [0.4, 0.5) is 0 Å². The summed E-state index contributed by atoms with van der Waals surface area (Å²) in [6.45, 7) is 11.8. The Kier molecular flexibility index (Phi) is 28.5. The van der Waals surface area contributed by atoms with Crippen LogP contribution < -0.4 is 4.74 Å². The molecule has 0 aliphatic heterocycles. The normalized spacial score (nSPS) is 11.7. The third-order valence-electron chi connectivity index (χ3n) is 7.62. The molecule has 0 aromatic heterocycles. The molecule has 12 nitrogen and oxygen atoms in total. The summed E-state index contributed by atoms with van der Waals surface area (Å²) in [5.74, 6) is 0.877. The van der Waals surface area contributed by atoms with E-state index in [1.165, 1.54) is 56.2 Å². The van der Waals surface area contributed by atoms with Crippen LogP contribution >= 0.6 is 0 Å². The second-order valence-corrected chi connectivity index (χ2v) is 13.6. The number of aryl methyl sites for hydroxylation is 2. The summed E-state index contributed by atoms with van der Waals surface area (Å²) in [7, 11) is -3.77. The minimum Gasteiger partial charge on any atom is -0.491 e. The first-order valence-electron chi connectivity index (χ1n) is 18.8. The quantitative estimate of drug-likeness (QED) is 0.0610. The molecule has 0 spiro atoms. The molecule has 0 unspecified atom stereocenters. The van der Waals surface area contributed by atoms with Crippen molar-refractivity contribution in [2.75, 3.05) is 119 Å². The Hall–Kier alpha value is -2.17. The minimum absolute atomic E-state index is 0.0573. The van der Waals surface area contributed by atoms with Gasteiger partial charge in [0.05, 0.1) is 117 Å². The highest BCUT2D eigenvalue weighted by molar-refractivity contribution is 7.86. The van der Waals surface area contributed by atoms with Crippen molar-refractivity contribution in [1.82, 2.24) is 0 Å². The Labute approximate surface area is 312 Å². The van der Waals surface area contributed by atoms with Crippen LogP contribution in [0.2, 0.25) is 0 Å². The van der Waals surface area contributed by atoms with Gasteiger partial charge in [-0.3, -0.25) is 4.18 Å². The highest BCUT2D eigenvalue weighted by Crippen LogP contribution is 2.15. The van der Waals surface area contributed by atoms with Gasteiger partial charge in [-0.05, 0) is 49.6 Å². The van der Waals surface area contributed by atoms with Crippen molar-refractivity contribution in [2.45, 2.75) is 63.7 Å². The van der Waals surface area contributed by atoms with Crippen molar-refractivity contribution in [1.29, 1.82) is 0 Å². The zero-order chi connectivity index (χ0) is 37.2. The number of rotatable bonds is 37. The second kappa shape index (κ2) is 32.3. The van der Waals surface area contributed by atoms with Crippen molar-refractivity contribution >= 4 is 10.1 Å². The van der Waals surface area contributed by atoms with Gasteiger partial charge in [-0.2, -0.15) is 8.42 Å². The largest absolute Gasteiger partial charge is 0.491 e. The van der Waals surface area contributed by atoms with Crippen molar-refractivity contribution in [2.24, 2.45) is 0 Å². The zero-order valence-corrected chi connectivity index (χ0v) is 32.4. The topological polar surface area (TPSA) is 126 Å². The average molecular weight is 757 g/mol. The predicted octanol–water partition coefficient (Wildman–Crippen LogP) is 5.82. The minimum atomic E-state index is -3.77. The number of hydrogen-bond acceptors (Lipinski definition) is 12. The molecule has 0 aliphatic carbocycles. The SMILES string of the molecule is CCCCCCCCc1ccc(OCCOCCOCCOCCOCCOCCOCCOCCOCCOS(=O)(=O)c2ccc(C)cc2)cc1. The maximum absolute atomic E-state index is 12.1. The molecule has 13 heteroatoms. The molecular weight excluding hydrogens is 692 g/mol. The molecule has 0 heterocycles. The van der Waals surface area contributed by atoms with Crippen LogP contribution in [0.3, 0.4) is 0 Å². The monoisotopic (exact) mass is 756 g/mol. The van der Waals surface area contributed by atoms with E-state index in [1.54, 1.807) is 12.1 Å². The molecule has 2 aromatic carbocycles. The Morgan fingerprint density at radius 3 is 1.27 bits per heavy atom. The Balaban J connectivity index is 1.21. The van der Waals surface area contributed by atoms with Crippen LogP contribution in [0.1, 0.15) is 56.6 Å². The van der Waals surface area contributed by atoms with Crippen LogP contribution in [0, 0.1) is 6.92 Å². The number of hydrogen-bond donors (Lipinski definition) is 0. The van der Waals surface area contributed by atoms with E-state index in [0.29, 0.717) is 106 Å². The first-order valence-corrected chi connectivity index (χ1v) is 20.2. The summed E-state index contributed by atoms with van der Waals surface area (Å²) >= 11 is 0. The van der Waals surface area contributed by atoms with E-state index in [2.05, 4.69) is 19.1 Å². The number of benzene rings is 2. The van der Waals surface area contributed by atoms with Crippen molar-refractivity contribution < 1.29 is 55.2 Å². The van der Waals surface area contributed by atoms with Crippen LogP contribution in [0.25, 0.3) is 0 Å². The van der Waals surface area contributed by atoms with Gasteiger partial charge in [0, 0.05) is 0 Å². The first kappa shape index (κ1) is 46.0. The van der Waals surface area contributed by atoms with Crippen LogP contribution in [-0.2, 0) is 58.6 Å². The molecule has 2 aromatic rings. The van der Waals surface area contributed by atoms with Crippen LogP contribution in [0.15, 0.2) is 53.4 Å². The smallest absolute Gasteiger partial charge is 0.297 e. The average Bonchev–Trinajstić information content (AvgIpc) is 3.15. The second-order valence-electron chi connectivity index (χ2n) is 12.0. The summed E-state index contributed by atoms with van der Waals surface area (Å²) in [5.41, 5.74) is 2.35. The highest BCUT2D eigenvalue weighted by atomic mass is 32.2. The van der Waals surface area contributed by atoms with Gasteiger partial charge in [0.2, 0.25) is 0 Å². The van der Waals surface area contributed by atoms with Gasteiger partial charge in [-0.1, -0.05) is 68.9 Å². The lowest BCUT2D eigenvalue weighted by Gasteiger charge is -2.09. The first-order chi connectivity index (χ1) is 25.5. The van der Waals surface area contributed by atoms with Crippen molar-refractivity contribution in [3.8, 4) is 5.75 Å². The van der Waals surface area contributed by atoms with Crippen LogP contribution in [-0.4, -0.2) is 127 Å². The molecule has 2 rings (SSSR count). The van der Waals surface area contributed by atoms with E-state index in [4.69, 9.17) is 46.8 Å². The summed E-state index contributed by atoms with van der Waals surface area (Å²) in [4.78, 5) is 0.130. The van der Waals surface area contributed by atoms with Crippen LogP contribution in [0.5, 0.6) is 5.75 Å².